The molecule has 1 N–H and O–H groups in total. The summed E-state index contributed by atoms with van der Waals surface area (Å²) in [5.74, 6) is -0.731. The number of hydrogen-bond acceptors (Lipinski definition) is 4. The smallest absolute Gasteiger partial charge is 0.269 e. The summed E-state index contributed by atoms with van der Waals surface area (Å²) in [7, 11) is 0. The Balaban J connectivity index is 1.72. The molecule has 3 aromatic carbocycles. The van der Waals surface area contributed by atoms with Crippen LogP contribution in [-0.2, 0) is 16.0 Å². The van der Waals surface area contributed by atoms with E-state index in [9.17, 15) is 14.9 Å². The van der Waals surface area contributed by atoms with Gasteiger partial charge in [-0.15, -0.1) is 0 Å². The number of nitriles is 1. The standard InChI is InChI=1S/C27H22ClN3O2S/c1-17-6-12-22(13-7-17)31-26(33)24(15-19-5-3-4-18(2)14-19)34-27(31)23(16-29)25(32)30-21-10-8-20(28)9-11-21/h3-14,24H,15H2,1-2H3,(H,30,32)/b27-23+/t24-/m1/s1. The van der Waals surface area contributed by atoms with Crippen LogP contribution in [0, 0.1) is 25.2 Å². The van der Waals surface area contributed by atoms with Crippen molar-refractivity contribution < 1.29 is 9.59 Å². The number of anilines is 2. The van der Waals surface area contributed by atoms with E-state index in [2.05, 4.69) is 5.32 Å². The summed E-state index contributed by atoms with van der Waals surface area (Å²) in [6.45, 7) is 3.97. The van der Waals surface area contributed by atoms with Crippen molar-refractivity contribution in [3.63, 3.8) is 0 Å². The molecule has 1 saturated heterocycles. The molecule has 7 heteroatoms. The maximum atomic E-state index is 13.5. The molecule has 0 unspecified atom stereocenters. The van der Waals surface area contributed by atoms with E-state index in [0.717, 1.165) is 16.7 Å². The molecule has 0 spiro atoms. The number of nitrogens with one attached hydrogen (secondary N) is 1. The van der Waals surface area contributed by atoms with Gasteiger partial charge in [0.15, 0.2) is 0 Å². The van der Waals surface area contributed by atoms with Crippen molar-refractivity contribution in [1.82, 2.24) is 0 Å². The highest BCUT2D eigenvalue weighted by molar-refractivity contribution is 8.05. The third-order valence-corrected chi connectivity index (χ3v) is 6.92. The molecule has 1 aliphatic rings. The molecule has 4 rings (SSSR count). The Bertz CT molecular complexity index is 1310. The van der Waals surface area contributed by atoms with Gasteiger partial charge >= 0.3 is 0 Å². The van der Waals surface area contributed by atoms with Crippen LogP contribution in [0.1, 0.15) is 16.7 Å². The van der Waals surface area contributed by atoms with Crippen LogP contribution in [0.3, 0.4) is 0 Å². The van der Waals surface area contributed by atoms with Gasteiger partial charge < -0.3 is 5.32 Å². The summed E-state index contributed by atoms with van der Waals surface area (Å²) in [6, 6.07) is 24.1. The van der Waals surface area contributed by atoms with Gasteiger partial charge in [-0.3, -0.25) is 14.5 Å². The maximum Gasteiger partial charge on any atom is 0.269 e. The monoisotopic (exact) mass is 487 g/mol. The minimum Gasteiger partial charge on any atom is -0.321 e. The number of amides is 2. The van der Waals surface area contributed by atoms with E-state index < -0.39 is 11.2 Å². The minimum atomic E-state index is -0.576. The number of rotatable bonds is 5. The summed E-state index contributed by atoms with van der Waals surface area (Å²) < 4.78 is 0. The number of carbonyl (C=O) groups excluding carboxylic acids is 2. The SMILES string of the molecule is Cc1ccc(N2C(=O)[C@@H](Cc3cccc(C)c3)S/C2=C(\C#N)C(=O)Nc2ccc(Cl)cc2)cc1. The van der Waals surface area contributed by atoms with Gasteiger partial charge in [0.05, 0.1) is 5.25 Å². The minimum absolute atomic E-state index is 0.111. The highest BCUT2D eigenvalue weighted by Crippen LogP contribution is 2.42. The Morgan fingerprint density at radius 2 is 1.76 bits per heavy atom. The highest BCUT2D eigenvalue weighted by Gasteiger charge is 2.40. The molecule has 1 atom stereocenters. The van der Waals surface area contributed by atoms with E-state index in [-0.39, 0.29) is 11.5 Å². The lowest BCUT2D eigenvalue weighted by molar-refractivity contribution is -0.117. The van der Waals surface area contributed by atoms with Gasteiger partial charge in [0.1, 0.15) is 16.7 Å². The molecule has 3 aromatic rings. The van der Waals surface area contributed by atoms with Crippen molar-refractivity contribution in [2.45, 2.75) is 25.5 Å². The molecule has 0 aromatic heterocycles. The second kappa shape index (κ2) is 10.2. The zero-order valence-electron chi connectivity index (χ0n) is 18.7. The molecule has 0 saturated carbocycles. The fourth-order valence-corrected chi connectivity index (χ4v) is 5.13. The molecule has 1 fully saturated rings. The summed E-state index contributed by atoms with van der Waals surface area (Å²) in [5, 5.41) is 13.1. The molecule has 0 bridgehead atoms. The topological polar surface area (TPSA) is 73.2 Å². The molecule has 0 aliphatic carbocycles. The summed E-state index contributed by atoms with van der Waals surface area (Å²) >= 11 is 7.18. The summed E-state index contributed by atoms with van der Waals surface area (Å²) in [5.41, 5.74) is 4.21. The number of halogens is 1. The van der Waals surface area contributed by atoms with Crippen molar-refractivity contribution in [1.29, 1.82) is 5.26 Å². The van der Waals surface area contributed by atoms with Crippen molar-refractivity contribution >= 4 is 46.6 Å². The highest BCUT2D eigenvalue weighted by atomic mass is 35.5. The van der Waals surface area contributed by atoms with Gasteiger partial charge in [-0.2, -0.15) is 5.26 Å². The Morgan fingerprint density at radius 1 is 1.06 bits per heavy atom. The third-order valence-electron chi connectivity index (χ3n) is 5.40. The first-order chi connectivity index (χ1) is 16.4. The predicted molar refractivity (Wildman–Crippen MR) is 138 cm³/mol. The Kier molecular flexibility index (Phi) is 7.06. The molecule has 5 nitrogen and oxygen atoms in total. The lowest BCUT2D eigenvalue weighted by atomic mass is 10.1. The van der Waals surface area contributed by atoms with Crippen LogP contribution in [0.5, 0.6) is 0 Å². The van der Waals surface area contributed by atoms with Gasteiger partial charge in [-0.1, -0.05) is 70.9 Å². The van der Waals surface area contributed by atoms with Crippen LogP contribution in [0.2, 0.25) is 5.02 Å². The normalized spacial score (nSPS) is 16.8. The van der Waals surface area contributed by atoms with Gasteiger partial charge in [0.25, 0.3) is 5.91 Å². The first kappa shape index (κ1) is 23.6. The van der Waals surface area contributed by atoms with E-state index in [0.29, 0.717) is 27.8 Å². The quantitative estimate of drug-likeness (QED) is 0.352. The van der Waals surface area contributed by atoms with E-state index in [1.54, 1.807) is 24.3 Å². The molecule has 2 amide bonds. The van der Waals surface area contributed by atoms with Crippen LogP contribution in [0.25, 0.3) is 0 Å². The summed E-state index contributed by atoms with van der Waals surface area (Å²) in [6.07, 6.45) is 0.495. The Hall–Kier alpha value is -3.53. The predicted octanol–water partition coefficient (Wildman–Crippen LogP) is 6.02. The molecule has 1 aliphatic heterocycles. The van der Waals surface area contributed by atoms with E-state index >= 15 is 0 Å². The number of aryl methyl sites for hydroxylation is 2. The zero-order valence-corrected chi connectivity index (χ0v) is 20.3. The molecule has 170 valence electrons. The van der Waals surface area contributed by atoms with Crippen molar-refractivity contribution in [2.24, 2.45) is 0 Å². The molecular formula is C27H22ClN3O2S. The van der Waals surface area contributed by atoms with Crippen LogP contribution < -0.4 is 10.2 Å². The van der Waals surface area contributed by atoms with Crippen LogP contribution in [-0.4, -0.2) is 17.1 Å². The number of hydrogen-bond donors (Lipinski definition) is 1. The van der Waals surface area contributed by atoms with Crippen molar-refractivity contribution in [3.05, 3.63) is 105 Å². The number of benzene rings is 3. The molecule has 1 heterocycles. The van der Waals surface area contributed by atoms with Crippen LogP contribution >= 0.6 is 23.4 Å². The Labute approximate surface area is 208 Å². The summed E-state index contributed by atoms with van der Waals surface area (Å²) in [4.78, 5) is 28.1. The average Bonchev–Trinajstić information content (AvgIpc) is 3.12. The second-order valence-electron chi connectivity index (χ2n) is 8.06. The lowest BCUT2D eigenvalue weighted by Crippen LogP contribution is -2.30. The maximum absolute atomic E-state index is 13.5. The fraction of sp³-hybridized carbons (Fsp3) is 0.148. The third kappa shape index (κ3) is 5.17. The zero-order chi connectivity index (χ0) is 24.2. The van der Waals surface area contributed by atoms with Gasteiger partial charge in [-0.05, 0) is 62.2 Å². The fourth-order valence-electron chi connectivity index (χ4n) is 3.70. The molecule has 34 heavy (non-hydrogen) atoms. The first-order valence-corrected chi connectivity index (χ1v) is 12.0. The van der Waals surface area contributed by atoms with E-state index in [4.69, 9.17) is 11.6 Å². The van der Waals surface area contributed by atoms with Crippen molar-refractivity contribution in [3.8, 4) is 6.07 Å². The van der Waals surface area contributed by atoms with Crippen molar-refractivity contribution in [2.75, 3.05) is 10.2 Å². The largest absolute Gasteiger partial charge is 0.321 e. The lowest BCUT2D eigenvalue weighted by Gasteiger charge is -2.19. The van der Waals surface area contributed by atoms with Gasteiger partial charge in [-0.25, -0.2) is 0 Å². The van der Waals surface area contributed by atoms with Crippen LogP contribution in [0.15, 0.2) is 83.4 Å². The average molecular weight is 488 g/mol. The number of thioether (sulfide) groups is 1. The first-order valence-electron chi connectivity index (χ1n) is 10.7. The van der Waals surface area contributed by atoms with Crippen LogP contribution in [0.4, 0.5) is 11.4 Å². The van der Waals surface area contributed by atoms with E-state index in [1.807, 2.05) is 68.4 Å². The van der Waals surface area contributed by atoms with E-state index in [1.165, 1.54) is 16.7 Å². The second-order valence-corrected chi connectivity index (χ2v) is 9.69. The molecular weight excluding hydrogens is 466 g/mol. The van der Waals surface area contributed by atoms with Gasteiger partial charge in [0, 0.05) is 16.4 Å². The molecule has 0 radical (unpaired) electrons. The Morgan fingerprint density at radius 3 is 2.41 bits per heavy atom. The van der Waals surface area contributed by atoms with Gasteiger partial charge in [0.2, 0.25) is 5.91 Å². The number of nitrogens with zero attached hydrogens (tertiary/aromatic N) is 2. The number of carbonyl (C=O) groups is 2.